The van der Waals surface area contributed by atoms with Gasteiger partial charge in [-0.05, 0) is 50.9 Å². The van der Waals surface area contributed by atoms with Gasteiger partial charge in [-0.25, -0.2) is 0 Å². The van der Waals surface area contributed by atoms with Crippen molar-refractivity contribution in [2.75, 3.05) is 18.0 Å². The van der Waals surface area contributed by atoms with Crippen LogP contribution in [0.3, 0.4) is 0 Å². The molecule has 2 nitrogen and oxygen atoms in total. The third-order valence-electron chi connectivity index (χ3n) is 6.20. The molecule has 0 aromatic heterocycles. The first kappa shape index (κ1) is 17.8. The molecule has 0 saturated carbocycles. The summed E-state index contributed by atoms with van der Waals surface area (Å²) >= 11 is 0. The van der Waals surface area contributed by atoms with Gasteiger partial charge in [-0.3, -0.25) is 0 Å². The van der Waals surface area contributed by atoms with Gasteiger partial charge in [0.15, 0.2) is 0 Å². The topological polar surface area (TPSA) is 15.3 Å². The zero-order valence-electron chi connectivity index (χ0n) is 15.6. The maximum Gasteiger partial charge on any atom is 0.0449 e. The lowest BCUT2D eigenvalue weighted by molar-refractivity contribution is 0.146. The van der Waals surface area contributed by atoms with E-state index < -0.39 is 0 Å². The zero-order chi connectivity index (χ0) is 16.7. The van der Waals surface area contributed by atoms with Gasteiger partial charge in [-0.15, -0.1) is 0 Å². The molecule has 2 saturated heterocycles. The van der Waals surface area contributed by atoms with Crippen LogP contribution in [0.5, 0.6) is 0 Å². The van der Waals surface area contributed by atoms with Crippen molar-refractivity contribution >= 4 is 5.69 Å². The van der Waals surface area contributed by atoms with Crippen molar-refractivity contribution in [1.82, 2.24) is 5.32 Å². The molecule has 134 valence electrons. The minimum absolute atomic E-state index is 0.457. The number of piperidine rings is 1. The number of para-hydroxylation sites is 1. The Balaban J connectivity index is 1.50. The Morgan fingerprint density at radius 1 is 0.958 bits per heavy atom. The van der Waals surface area contributed by atoms with E-state index in [4.69, 9.17) is 0 Å². The zero-order valence-corrected chi connectivity index (χ0v) is 15.6. The summed E-state index contributed by atoms with van der Waals surface area (Å²) in [5.41, 5.74) is 1.91. The van der Waals surface area contributed by atoms with Crippen molar-refractivity contribution < 1.29 is 0 Å². The maximum atomic E-state index is 3.54. The highest BCUT2D eigenvalue weighted by atomic mass is 15.3. The Morgan fingerprint density at radius 3 is 2.33 bits per heavy atom. The van der Waals surface area contributed by atoms with Crippen LogP contribution in [0.1, 0.15) is 77.6 Å². The third kappa shape index (κ3) is 4.14. The number of anilines is 1. The largest absolute Gasteiger partial charge is 0.363 e. The monoisotopic (exact) mass is 328 g/mol. The van der Waals surface area contributed by atoms with Gasteiger partial charge in [0.05, 0.1) is 0 Å². The van der Waals surface area contributed by atoms with Gasteiger partial charge in [0.25, 0.3) is 0 Å². The lowest BCUT2D eigenvalue weighted by atomic mass is 9.70. The van der Waals surface area contributed by atoms with Gasteiger partial charge in [0, 0.05) is 17.3 Å². The predicted molar refractivity (Wildman–Crippen MR) is 105 cm³/mol. The van der Waals surface area contributed by atoms with Gasteiger partial charge in [-0.2, -0.15) is 0 Å². The second-order valence-corrected chi connectivity index (χ2v) is 7.95. The van der Waals surface area contributed by atoms with Crippen LogP contribution in [0.25, 0.3) is 0 Å². The van der Waals surface area contributed by atoms with Gasteiger partial charge in [0.2, 0.25) is 0 Å². The summed E-state index contributed by atoms with van der Waals surface area (Å²) in [6.45, 7) is 4.67. The van der Waals surface area contributed by atoms with E-state index in [0.717, 1.165) is 6.04 Å². The highest BCUT2D eigenvalue weighted by Crippen LogP contribution is 2.47. The Hall–Kier alpha value is -1.02. The van der Waals surface area contributed by atoms with Crippen molar-refractivity contribution in [3.8, 4) is 0 Å². The SMILES string of the molecule is CCCCCCCCCC1CC2(CCNCC2)N1c1ccccc1. The Bertz CT molecular complexity index is 464. The predicted octanol–water partition coefficient (Wildman–Crippen LogP) is 5.53. The second-order valence-electron chi connectivity index (χ2n) is 7.95. The summed E-state index contributed by atoms with van der Waals surface area (Å²) in [6.07, 6.45) is 15.4. The van der Waals surface area contributed by atoms with E-state index in [0.29, 0.717) is 5.54 Å². The van der Waals surface area contributed by atoms with Crippen LogP contribution in [0, 0.1) is 0 Å². The van der Waals surface area contributed by atoms with Crippen LogP contribution in [0.15, 0.2) is 30.3 Å². The van der Waals surface area contributed by atoms with Crippen molar-refractivity contribution in [3.63, 3.8) is 0 Å². The molecule has 2 fully saturated rings. The van der Waals surface area contributed by atoms with E-state index in [1.807, 2.05) is 0 Å². The van der Waals surface area contributed by atoms with E-state index in [2.05, 4.69) is 47.5 Å². The minimum Gasteiger partial charge on any atom is -0.363 e. The normalized spacial score (nSPS) is 22.5. The standard InChI is InChI=1S/C22H36N2/c1-2-3-4-5-6-7-9-14-21-19-22(15-17-23-18-16-22)24(21)20-12-10-8-11-13-20/h8,10-13,21,23H,2-7,9,14-19H2,1H3. The Labute approximate surface area is 149 Å². The van der Waals surface area contributed by atoms with Crippen LogP contribution < -0.4 is 10.2 Å². The quantitative estimate of drug-likeness (QED) is 0.600. The molecule has 1 atom stereocenters. The summed E-state index contributed by atoms with van der Waals surface area (Å²) < 4.78 is 0. The highest BCUT2D eigenvalue weighted by Gasteiger charge is 2.51. The summed E-state index contributed by atoms with van der Waals surface area (Å²) in [5.74, 6) is 0. The number of hydrogen-bond donors (Lipinski definition) is 1. The molecule has 1 aromatic carbocycles. The number of nitrogens with one attached hydrogen (secondary N) is 1. The molecule has 0 aliphatic carbocycles. The highest BCUT2D eigenvalue weighted by molar-refractivity contribution is 5.54. The van der Waals surface area contributed by atoms with Crippen LogP contribution >= 0.6 is 0 Å². The van der Waals surface area contributed by atoms with Gasteiger partial charge in [0.1, 0.15) is 0 Å². The number of rotatable bonds is 9. The number of hydrogen-bond acceptors (Lipinski definition) is 2. The van der Waals surface area contributed by atoms with Crippen molar-refractivity contribution in [2.24, 2.45) is 0 Å². The fourth-order valence-corrected chi connectivity index (χ4v) is 4.88. The molecule has 1 aromatic rings. The molecular weight excluding hydrogens is 292 g/mol. The molecule has 1 N–H and O–H groups in total. The van der Waals surface area contributed by atoms with E-state index in [1.54, 1.807) is 0 Å². The molecule has 2 aliphatic rings. The first-order valence-corrected chi connectivity index (χ1v) is 10.4. The summed E-state index contributed by atoms with van der Waals surface area (Å²) in [5, 5.41) is 3.54. The molecule has 0 radical (unpaired) electrons. The molecule has 2 aliphatic heterocycles. The fraction of sp³-hybridized carbons (Fsp3) is 0.727. The number of nitrogens with zero attached hydrogens (tertiary/aromatic N) is 1. The molecule has 3 rings (SSSR count). The first-order valence-electron chi connectivity index (χ1n) is 10.4. The second kappa shape index (κ2) is 8.89. The van der Waals surface area contributed by atoms with Crippen molar-refractivity contribution in [1.29, 1.82) is 0 Å². The molecule has 2 heterocycles. The lowest BCUT2D eigenvalue weighted by Gasteiger charge is -2.62. The molecule has 0 bridgehead atoms. The lowest BCUT2D eigenvalue weighted by Crippen LogP contribution is -2.69. The molecule has 1 unspecified atom stereocenters. The minimum atomic E-state index is 0.457. The average molecular weight is 329 g/mol. The van der Waals surface area contributed by atoms with Crippen LogP contribution in [0.2, 0.25) is 0 Å². The van der Waals surface area contributed by atoms with Gasteiger partial charge in [-0.1, -0.05) is 70.1 Å². The third-order valence-corrected chi connectivity index (χ3v) is 6.20. The van der Waals surface area contributed by atoms with Crippen LogP contribution in [-0.4, -0.2) is 24.7 Å². The van der Waals surface area contributed by atoms with E-state index in [1.165, 1.54) is 89.4 Å². The van der Waals surface area contributed by atoms with Gasteiger partial charge >= 0.3 is 0 Å². The Kier molecular flexibility index (Phi) is 6.59. The molecule has 1 spiro atoms. The number of benzene rings is 1. The van der Waals surface area contributed by atoms with E-state index >= 15 is 0 Å². The molecule has 2 heteroatoms. The molecular formula is C22H36N2. The maximum absolute atomic E-state index is 3.54. The van der Waals surface area contributed by atoms with Crippen LogP contribution in [0.4, 0.5) is 5.69 Å². The Morgan fingerprint density at radius 2 is 1.62 bits per heavy atom. The van der Waals surface area contributed by atoms with E-state index in [9.17, 15) is 0 Å². The fourth-order valence-electron chi connectivity index (χ4n) is 4.88. The molecule has 0 amide bonds. The molecule has 24 heavy (non-hydrogen) atoms. The number of unbranched alkanes of at least 4 members (excludes halogenated alkanes) is 6. The van der Waals surface area contributed by atoms with Crippen molar-refractivity contribution in [3.05, 3.63) is 30.3 Å². The summed E-state index contributed by atoms with van der Waals surface area (Å²) in [7, 11) is 0. The van der Waals surface area contributed by atoms with E-state index in [-0.39, 0.29) is 0 Å². The van der Waals surface area contributed by atoms with Crippen molar-refractivity contribution in [2.45, 2.75) is 89.1 Å². The summed E-state index contributed by atoms with van der Waals surface area (Å²) in [4.78, 5) is 2.80. The van der Waals surface area contributed by atoms with Gasteiger partial charge < -0.3 is 10.2 Å². The van der Waals surface area contributed by atoms with Crippen LogP contribution in [-0.2, 0) is 0 Å². The summed E-state index contributed by atoms with van der Waals surface area (Å²) in [6, 6.07) is 12.0. The smallest absolute Gasteiger partial charge is 0.0449 e. The first-order chi connectivity index (χ1) is 11.9. The average Bonchev–Trinajstić information content (AvgIpc) is 2.61.